The summed E-state index contributed by atoms with van der Waals surface area (Å²) in [4.78, 5) is 67.4. The van der Waals surface area contributed by atoms with E-state index in [4.69, 9.17) is 0 Å². The van der Waals surface area contributed by atoms with Gasteiger partial charge in [0.15, 0.2) is 0 Å². The minimum Gasteiger partial charge on any atom is -0.480 e. The first-order chi connectivity index (χ1) is 29.9. The Hall–Kier alpha value is -2.97. The van der Waals surface area contributed by atoms with Crippen LogP contribution in [-0.2, 0) is 24.0 Å². The van der Waals surface area contributed by atoms with Gasteiger partial charge in [-0.3, -0.25) is 43.6 Å². The molecule has 11 atom stereocenters. The van der Waals surface area contributed by atoms with Gasteiger partial charge in [0.2, 0.25) is 11.8 Å². The third-order valence-electron chi connectivity index (χ3n) is 16.2. The van der Waals surface area contributed by atoms with Crippen LogP contribution in [0.2, 0.25) is 0 Å². The zero-order valence-corrected chi connectivity index (χ0v) is 38.1. The maximum Gasteiger partial charge on any atom is 0.317 e. The molecule has 1 aliphatic heterocycles. The first kappa shape index (κ1) is 51.0. The van der Waals surface area contributed by atoms with Crippen LogP contribution in [-0.4, -0.2) is 203 Å². The lowest BCUT2D eigenvalue weighted by Gasteiger charge is -2.63. The highest BCUT2D eigenvalue weighted by Crippen LogP contribution is 2.68. The van der Waals surface area contributed by atoms with Crippen molar-refractivity contribution in [2.75, 3.05) is 105 Å². The topological polar surface area (TPSA) is 256 Å². The second kappa shape index (κ2) is 23.5. The van der Waals surface area contributed by atoms with E-state index in [0.717, 1.165) is 44.9 Å². The summed E-state index contributed by atoms with van der Waals surface area (Å²) in [5.74, 6) is -1.73. The van der Waals surface area contributed by atoms with Gasteiger partial charge in [-0.15, -0.1) is 0 Å². The van der Waals surface area contributed by atoms with E-state index >= 15 is 0 Å². The minimum atomic E-state index is -1.02. The minimum absolute atomic E-state index is 0.0000610. The highest BCUT2D eigenvalue weighted by molar-refractivity contribution is 5.78. The summed E-state index contributed by atoms with van der Waals surface area (Å²) >= 11 is 0. The predicted molar refractivity (Wildman–Crippen MR) is 235 cm³/mol. The Morgan fingerprint density at radius 2 is 1.17 bits per heavy atom. The number of carbonyl (C=O) groups excluding carboxylic acids is 2. The Kier molecular flexibility index (Phi) is 19.0. The lowest BCUT2D eigenvalue weighted by atomic mass is 9.43. The number of carboxylic acid groups (broad SMARTS) is 3. The Labute approximate surface area is 373 Å². The number of amides is 2. The number of hydrogen-bond donors (Lipinski definition) is 9. The number of fused-ring (bicyclic) bond motifs is 5. The van der Waals surface area contributed by atoms with Crippen molar-refractivity contribution in [2.45, 2.75) is 103 Å². The van der Waals surface area contributed by atoms with Crippen molar-refractivity contribution in [1.29, 1.82) is 0 Å². The second-order valence-electron chi connectivity index (χ2n) is 20.1. The molecule has 0 aromatic carbocycles. The average Bonchev–Trinajstić information content (AvgIpc) is 3.57. The number of carboxylic acids is 3. The summed E-state index contributed by atoms with van der Waals surface area (Å²) in [5.41, 5.74) is -0.256. The third kappa shape index (κ3) is 13.8. The van der Waals surface area contributed by atoms with Crippen LogP contribution in [0.15, 0.2) is 0 Å². The summed E-state index contributed by atoms with van der Waals surface area (Å²) in [6.07, 6.45) is 6.59. The largest absolute Gasteiger partial charge is 0.480 e. The molecule has 0 aromatic heterocycles. The maximum absolute atomic E-state index is 13.0. The summed E-state index contributed by atoms with van der Waals surface area (Å²) in [6, 6.07) is 0. The molecule has 1 saturated heterocycles. The van der Waals surface area contributed by atoms with Gasteiger partial charge >= 0.3 is 17.9 Å². The van der Waals surface area contributed by atoms with Gasteiger partial charge in [0.1, 0.15) is 0 Å². The Morgan fingerprint density at radius 1 is 0.635 bits per heavy atom. The standard InChI is InChI=1S/C45H79N7O11/c1-30(33-6-7-34-43-35(25-37(55)45(33,34)3)44(2)10-9-32(53)23-31(44)24-36(43)54)5-8-38(56)48-14-13-46-11-4-12-47-39(57)26-49-15-17-50(27-40(58)59)19-21-52(29-42(62)63)22-20-51(18-16-49)28-41(60)61/h30-37,43,46,53-55H,4-29H2,1-3H3,(H,47,57)(H,48,56)(H,58,59)(H,60,61)(H,62,63)/t30-,31+,32-,33-,34?,35?,36-,37+,43?,44+,45-/m1/s1. The van der Waals surface area contributed by atoms with Gasteiger partial charge < -0.3 is 46.6 Å². The van der Waals surface area contributed by atoms with Crippen LogP contribution in [0.4, 0.5) is 0 Å². The highest BCUT2D eigenvalue weighted by Gasteiger charge is 2.65. The monoisotopic (exact) mass is 894 g/mol. The molecular weight excluding hydrogens is 815 g/mol. The number of nitrogens with one attached hydrogen (secondary N) is 3. The molecule has 1 heterocycles. The molecule has 2 amide bonds. The van der Waals surface area contributed by atoms with Crippen molar-refractivity contribution in [3.8, 4) is 0 Å². The molecule has 4 saturated carbocycles. The molecule has 0 bridgehead atoms. The number of aliphatic hydroxyl groups excluding tert-OH is 3. The van der Waals surface area contributed by atoms with Crippen LogP contribution >= 0.6 is 0 Å². The zero-order valence-electron chi connectivity index (χ0n) is 38.1. The van der Waals surface area contributed by atoms with E-state index < -0.39 is 30.1 Å². The highest BCUT2D eigenvalue weighted by atomic mass is 16.4. The SMILES string of the molecule is C[C@H](CCC(=O)NCCNCCCNC(=O)CN1CCN(CC(=O)O)CCN(CC(=O)O)CCN(CC(=O)O)CC1)[C@H]1CCC2C3C(C[C@H](O)[C@@]21C)[C@@]1(C)CC[C@@H](O)C[C@H]1C[C@H]3O. The van der Waals surface area contributed by atoms with Gasteiger partial charge in [0.25, 0.3) is 0 Å². The molecule has 63 heavy (non-hydrogen) atoms. The van der Waals surface area contributed by atoms with Gasteiger partial charge in [0.05, 0.1) is 44.5 Å². The summed E-state index contributed by atoms with van der Waals surface area (Å²) in [6.45, 7) is 10.9. The zero-order chi connectivity index (χ0) is 45.9. The first-order valence-electron chi connectivity index (χ1n) is 23.7. The number of nitrogens with zero attached hydrogens (tertiary/aromatic N) is 4. The van der Waals surface area contributed by atoms with Gasteiger partial charge in [-0.2, -0.15) is 0 Å². The van der Waals surface area contributed by atoms with Crippen LogP contribution < -0.4 is 16.0 Å². The van der Waals surface area contributed by atoms with Crippen molar-refractivity contribution in [3.63, 3.8) is 0 Å². The number of rotatable bonds is 19. The Bertz CT molecular complexity index is 1510. The third-order valence-corrected chi connectivity index (χ3v) is 16.2. The van der Waals surface area contributed by atoms with Crippen molar-refractivity contribution < 1.29 is 54.6 Å². The average molecular weight is 894 g/mol. The van der Waals surface area contributed by atoms with E-state index in [0.29, 0.717) is 104 Å². The van der Waals surface area contributed by atoms with Crippen LogP contribution in [0.5, 0.6) is 0 Å². The molecule has 5 aliphatic rings. The van der Waals surface area contributed by atoms with E-state index in [-0.39, 0.29) is 84.5 Å². The van der Waals surface area contributed by atoms with Crippen molar-refractivity contribution in [1.82, 2.24) is 35.6 Å². The quantitative estimate of drug-likeness (QED) is 0.0777. The smallest absolute Gasteiger partial charge is 0.317 e. The van der Waals surface area contributed by atoms with E-state index in [9.17, 15) is 54.6 Å². The number of carbonyl (C=O) groups is 5. The fourth-order valence-electron chi connectivity index (χ4n) is 12.7. The summed E-state index contributed by atoms with van der Waals surface area (Å²) < 4.78 is 0. The van der Waals surface area contributed by atoms with E-state index in [1.807, 2.05) is 4.90 Å². The van der Waals surface area contributed by atoms with E-state index in [2.05, 4.69) is 36.7 Å². The fourth-order valence-corrected chi connectivity index (χ4v) is 12.7. The van der Waals surface area contributed by atoms with Crippen molar-refractivity contribution in [3.05, 3.63) is 0 Å². The molecule has 360 valence electrons. The molecule has 18 nitrogen and oxygen atoms in total. The molecule has 3 unspecified atom stereocenters. The molecule has 0 spiro atoms. The molecule has 9 N–H and O–H groups in total. The molecule has 0 radical (unpaired) electrons. The number of aliphatic hydroxyl groups is 3. The van der Waals surface area contributed by atoms with Crippen LogP contribution in [0.1, 0.15) is 85.0 Å². The number of aliphatic carboxylic acids is 3. The van der Waals surface area contributed by atoms with Gasteiger partial charge in [0, 0.05) is 78.4 Å². The molecule has 4 aliphatic carbocycles. The molecular formula is C45H79N7O11. The normalized spacial score (nSPS) is 34.3. The van der Waals surface area contributed by atoms with Crippen molar-refractivity contribution >= 4 is 29.7 Å². The first-order valence-corrected chi connectivity index (χ1v) is 23.7. The second-order valence-corrected chi connectivity index (χ2v) is 20.1. The lowest BCUT2D eigenvalue weighted by molar-refractivity contribution is -0.207. The van der Waals surface area contributed by atoms with E-state index in [1.165, 1.54) is 0 Å². The van der Waals surface area contributed by atoms with Gasteiger partial charge in [-0.1, -0.05) is 20.8 Å². The lowest BCUT2D eigenvalue weighted by Crippen LogP contribution is -2.62. The Balaban J connectivity index is 0.981. The molecule has 5 rings (SSSR count). The van der Waals surface area contributed by atoms with Crippen LogP contribution in [0, 0.1) is 46.3 Å². The van der Waals surface area contributed by atoms with Gasteiger partial charge in [-0.05, 0) is 111 Å². The molecule has 18 heteroatoms. The predicted octanol–water partition coefficient (Wildman–Crippen LogP) is 0.0516. The molecule has 5 fully saturated rings. The summed E-state index contributed by atoms with van der Waals surface area (Å²) in [5, 5.41) is 71.4. The Morgan fingerprint density at radius 3 is 1.73 bits per heavy atom. The molecule has 0 aromatic rings. The van der Waals surface area contributed by atoms with Gasteiger partial charge in [-0.25, -0.2) is 0 Å². The van der Waals surface area contributed by atoms with E-state index in [1.54, 1.807) is 14.7 Å². The maximum atomic E-state index is 13.0. The number of hydrogen-bond acceptors (Lipinski definition) is 13. The summed E-state index contributed by atoms with van der Waals surface area (Å²) in [7, 11) is 0. The van der Waals surface area contributed by atoms with Crippen molar-refractivity contribution in [2.24, 2.45) is 46.3 Å². The fraction of sp³-hybridized carbons (Fsp3) is 0.889. The van der Waals surface area contributed by atoms with Crippen LogP contribution in [0.25, 0.3) is 0 Å². The van der Waals surface area contributed by atoms with Crippen LogP contribution in [0.3, 0.4) is 0 Å².